The van der Waals surface area contributed by atoms with Crippen molar-refractivity contribution in [2.75, 3.05) is 13.1 Å². The Labute approximate surface area is 126 Å². The summed E-state index contributed by atoms with van der Waals surface area (Å²) < 4.78 is 0. The second kappa shape index (κ2) is 5.58. The number of carboxylic acid groups (broad SMARTS) is 1. The number of halogens is 2. The summed E-state index contributed by atoms with van der Waals surface area (Å²) in [6.07, 6.45) is 2.24. The standard InChI is InChI=1S/C13H14Cl2N2O3/c1-13(12(19)20)2-4-17(5-3-13)11(18)8-6-9(14)10(15)16-7-8/h6-7H,2-5H2,1H3,(H,19,20). The Bertz CT molecular complexity index is 555. The van der Waals surface area contributed by atoms with Crippen LogP contribution in [0.3, 0.4) is 0 Å². The Morgan fingerprint density at radius 2 is 1.95 bits per heavy atom. The molecule has 5 nitrogen and oxygen atoms in total. The van der Waals surface area contributed by atoms with E-state index in [0.717, 1.165) is 0 Å². The van der Waals surface area contributed by atoms with E-state index in [1.807, 2.05) is 0 Å². The maximum absolute atomic E-state index is 12.3. The van der Waals surface area contributed by atoms with Crippen molar-refractivity contribution in [2.24, 2.45) is 5.41 Å². The lowest BCUT2D eigenvalue weighted by Gasteiger charge is -2.36. The predicted octanol–water partition coefficient (Wildman–Crippen LogP) is 2.72. The van der Waals surface area contributed by atoms with Crippen LogP contribution in [-0.2, 0) is 4.79 Å². The highest BCUT2D eigenvalue weighted by Gasteiger charge is 2.38. The summed E-state index contributed by atoms with van der Waals surface area (Å²) in [5.41, 5.74) is -0.398. The van der Waals surface area contributed by atoms with Gasteiger partial charge in [-0.15, -0.1) is 0 Å². The van der Waals surface area contributed by atoms with Crippen molar-refractivity contribution in [3.05, 3.63) is 28.0 Å². The summed E-state index contributed by atoms with van der Waals surface area (Å²) in [6.45, 7) is 2.52. The molecule has 0 unspecified atom stereocenters. The van der Waals surface area contributed by atoms with E-state index in [2.05, 4.69) is 4.98 Å². The molecule has 1 aromatic rings. The van der Waals surface area contributed by atoms with Crippen LogP contribution in [0.4, 0.5) is 0 Å². The molecular weight excluding hydrogens is 303 g/mol. The zero-order valence-electron chi connectivity index (χ0n) is 10.9. The Hall–Kier alpha value is -1.33. The molecule has 1 N–H and O–H groups in total. The lowest BCUT2D eigenvalue weighted by Crippen LogP contribution is -2.45. The number of pyridine rings is 1. The lowest BCUT2D eigenvalue weighted by molar-refractivity contribution is -0.150. The van der Waals surface area contributed by atoms with Crippen LogP contribution in [0.1, 0.15) is 30.1 Å². The molecule has 2 rings (SSSR count). The van der Waals surface area contributed by atoms with Gasteiger partial charge in [0.25, 0.3) is 5.91 Å². The topological polar surface area (TPSA) is 70.5 Å². The second-order valence-electron chi connectivity index (χ2n) is 5.15. The summed E-state index contributed by atoms with van der Waals surface area (Å²) >= 11 is 11.6. The number of carbonyl (C=O) groups excluding carboxylic acids is 1. The fraction of sp³-hybridized carbons (Fsp3) is 0.462. The maximum atomic E-state index is 12.3. The number of amides is 1. The highest BCUT2D eigenvalue weighted by molar-refractivity contribution is 6.41. The first-order chi connectivity index (χ1) is 9.33. The zero-order valence-corrected chi connectivity index (χ0v) is 12.4. The normalized spacial score (nSPS) is 17.9. The maximum Gasteiger partial charge on any atom is 0.309 e. The largest absolute Gasteiger partial charge is 0.481 e. The van der Waals surface area contributed by atoms with E-state index in [-0.39, 0.29) is 16.1 Å². The van der Waals surface area contributed by atoms with Gasteiger partial charge in [0.1, 0.15) is 5.15 Å². The van der Waals surface area contributed by atoms with Crippen LogP contribution in [0.5, 0.6) is 0 Å². The number of rotatable bonds is 2. The third kappa shape index (κ3) is 2.88. The number of likely N-dealkylation sites (tertiary alicyclic amines) is 1. The summed E-state index contributed by atoms with van der Waals surface area (Å²) in [7, 11) is 0. The third-order valence-electron chi connectivity index (χ3n) is 3.71. The summed E-state index contributed by atoms with van der Waals surface area (Å²) in [6, 6.07) is 1.48. The average Bonchev–Trinajstić information content (AvgIpc) is 2.42. The molecule has 1 saturated heterocycles. The van der Waals surface area contributed by atoms with Crippen molar-refractivity contribution in [1.29, 1.82) is 0 Å². The quantitative estimate of drug-likeness (QED) is 0.852. The molecule has 1 amide bonds. The molecule has 0 saturated carbocycles. The van der Waals surface area contributed by atoms with Gasteiger partial charge in [0.2, 0.25) is 0 Å². The summed E-state index contributed by atoms with van der Waals surface area (Å²) in [5.74, 6) is -1.02. The van der Waals surface area contributed by atoms with Crippen LogP contribution in [0.2, 0.25) is 10.2 Å². The zero-order chi connectivity index (χ0) is 14.9. The molecule has 0 bridgehead atoms. The van der Waals surface area contributed by atoms with Crippen molar-refractivity contribution in [3.8, 4) is 0 Å². The van der Waals surface area contributed by atoms with E-state index >= 15 is 0 Å². The van der Waals surface area contributed by atoms with E-state index < -0.39 is 11.4 Å². The van der Waals surface area contributed by atoms with Crippen molar-refractivity contribution >= 4 is 35.1 Å². The van der Waals surface area contributed by atoms with Gasteiger partial charge in [0.05, 0.1) is 16.0 Å². The number of aromatic nitrogens is 1. The van der Waals surface area contributed by atoms with Gasteiger partial charge >= 0.3 is 5.97 Å². The van der Waals surface area contributed by atoms with Crippen molar-refractivity contribution < 1.29 is 14.7 Å². The monoisotopic (exact) mass is 316 g/mol. The predicted molar refractivity (Wildman–Crippen MR) is 75.1 cm³/mol. The van der Waals surface area contributed by atoms with Gasteiger partial charge in [-0.3, -0.25) is 9.59 Å². The van der Waals surface area contributed by atoms with E-state index in [4.69, 9.17) is 28.3 Å². The Morgan fingerprint density at radius 1 is 1.35 bits per heavy atom. The van der Waals surface area contributed by atoms with Gasteiger partial charge in [-0.1, -0.05) is 23.2 Å². The van der Waals surface area contributed by atoms with E-state index in [1.165, 1.54) is 12.3 Å². The molecule has 0 radical (unpaired) electrons. The van der Waals surface area contributed by atoms with Gasteiger partial charge in [-0.2, -0.15) is 0 Å². The van der Waals surface area contributed by atoms with Gasteiger partial charge in [0.15, 0.2) is 0 Å². The van der Waals surface area contributed by atoms with E-state index in [1.54, 1.807) is 11.8 Å². The Balaban J connectivity index is 2.08. The average molecular weight is 317 g/mol. The molecule has 0 spiro atoms. The Morgan fingerprint density at radius 3 is 2.45 bits per heavy atom. The lowest BCUT2D eigenvalue weighted by atomic mass is 9.80. The number of piperidine rings is 1. The highest BCUT2D eigenvalue weighted by Crippen LogP contribution is 2.31. The number of hydrogen-bond acceptors (Lipinski definition) is 3. The van der Waals surface area contributed by atoms with Gasteiger partial charge < -0.3 is 10.0 Å². The molecular formula is C13H14Cl2N2O3. The van der Waals surface area contributed by atoms with Crippen LogP contribution in [-0.4, -0.2) is 40.0 Å². The number of aliphatic carboxylic acids is 1. The van der Waals surface area contributed by atoms with Crippen LogP contribution in [0.25, 0.3) is 0 Å². The van der Waals surface area contributed by atoms with Gasteiger partial charge in [0, 0.05) is 19.3 Å². The van der Waals surface area contributed by atoms with E-state index in [9.17, 15) is 9.59 Å². The molecule has 1 aromatic heterocycles. The van der Waals surface area contributed by atoms with Crippen LogP contribution >= 0.6 is 23.2 Å². The molecule has 1 aliphatic rings. The molecule has 2 heterocycles. The first-order valence-corrected chi connectivity index (χ1v) is 6.93. The third-order valence-corrected chi connectivity index (χ3v) is 4.40. The molecule has 1 fully saturated rings. The molecule has 7 heteroatoms. The molecule has 20 heavy (non-hydrogen) atoms. The molecule has 0 atom stereocenters. The number of carbonyl (C=O) groups is 2. The minimum absolute atomic E-state index is 0.153. The summed E-state index contributed by atoms with van der Waals surface area (Å²) in [4.78, 5) is 28.9. The van der Waals surface area contributed by atoms with Crippen molar-refractivity contribution in [1.82, 2.24) is 9.88 Å². The minimum atomic E-state index is -0.819. The second-order valence-corrected chi connectivity index (χ2v) is 5.92. The number of carboxylic acids is 1. The highest BCUT2D eigenvalue weighted by atomic mass is 35.5. The molecule has 1 aliphatic heterocycles. The van der Waals surface area contributed by atoms with Gasteiger partial charge in [-0.25, -0.2) is 4.98 Å². The van der Waals surface area contributed by atoms with Gasteiger partial charge in [-0.05, 0) is 25.8 Å². The summed E-state index contributed by atoms with van der Waals surface area (Å²) in [5, 5.41) is 9.54. The first kappa shape index (κ1) is 15.1. The number of hydrogen-bond donors (Lipinski definition) is 1. The van der Waals surface area contributed by atoms with Crippen LogP contribution < -0.4 is 0 Å². The van der Waals surface area contributed by atoms with Crippen LogP contribution in [0.15, 0.2) is 12.3 Å². The number of nitrogens with zero attached hydrogens (tertiary/aromatic N) is 2. The van der Waals surface area contributed by atoms with Crippen LogP contribution in [0, 0.1) is 5.41 Å². The Kier molecular flexibility index (Phi) is 4.20. The van der Waals surface area contributed by atoms with Crippen molar-refractivity contribution in [3.63, 3.8) is 0 Å². The van der Waals surface area contributed by atoms with E-state index in [0.29, 0.717) is 31.5 Å². The fourth-order valence-corrected chi connectivity index (χ4v) is 2.41. The molecule has 108 valence electrons. The molecule has 0 aliphatic carbocycles. The molecule has 0 aromatic carbocycles. The fourth-order valence-electron chi connectivity index (χ4n) is 2.14. The van der Waals surface area contributed by atoms with Crippen molar-refractivity contribution in [2.45, 2.75) is 19.8 Å². The SMILES string of the molecule is CC1(C(=O)O)CCN(C(=O)c2cnc(Cl)c(Cl)c2)CC1. The minimum Gasteiger partial charge on any atom is -0.481 e. The smallest absolute Gasteiger partial charge is 0.309 e. The first-order valence-electron chi connectivity index (χ1n) is 6.17.